The van der Waals surface area contributed by atoms with Crippen LogP contribution in [0.5, 0.6) is 0 Å². The summed E-state index contributed by atoms with van der Waals surface area (Å²) in [5.74, 6) is -1.80. The average Bonchev–Trinajstić information content (AvgIpc) is 3.77. The molecular formula is C34H39N5O10S. The molecule has 1 unspecified atom stereocenters. The molecule has 266 valence electrons. The molecule has 4 aliphatic heterocycles. The summed E-state index contributed by atoms with van der Waals surface area (Å²) in [7, 11) is 2.04. The van der Waals surface area contributed by atoms with Gasteiger partial charge in [-0.25, -0.2) is 9.59 Å². The van der Waals surface area contributed by atoms with E-state index in [0.29, 0.717) is 29.0 Å². The maximum atomic E-state index is 13.7. The van der Waals surface area contributed by atoms with E-state index in [2.05, 4.69) is 4.90 Å². The van der Waals surface area contributed by atoms with Crippen LogP contribution in [0.25, 0.3) is 0 Å². The summed E-state index contributed by atoms with van der Waals surface area (Å²) in [6.07, 6.45) is 0.138. The maximum absolute atomic E-state index is 13.7. The lowest BCUT2D eigenvalue weighted by Crippen LogP contribution is -2.63. The minimum atomic E-state index is -0.913. The Hall–Kier alpha value is -4.54. The molecule has 50 heavy (non-hydrogen) atoms. The third-order valence-corrected chi connectivity index (χ3v) is 11.6. The summed E-state index contributed by atoms with van der Waals surface area (Å²) >= 11 is 1.45. The van der Waals surface area contributed by atoms with Crippen LogP contribution < -0.4 is 0 Å². The number of rotatable bonds is 11. The fourth-order valence-corrected chi connectivity index (χ4v) is 9.11. The lowest BCUT2D eigenvalue weighted by Gasteiger charge is -2.46. The molecule has 0 saturated carbocycles. The quantitative estimate of drug-likeness (QED) is 0.153. The predicted octanol–water partition coefficient (Wildman–Crippen LogP) is 4.08. The molecular weight excluding hydrogens is 670 g/mol. The van der Waals surface area contributed by atoms with Crippen molar-refractivity contribution in [2.24, 2.45) is 17.8 Å². The van der Waals surface area contributed by atoms with Crippen LogP contribution in [0.1, 0.15) is 37.8 Å². The van der Waals surface area contributed by atoms with Crippen molar-refractivity contribution in [2.75, 3.05) is 26.7 Å². The lowest BCUT2D eigenvalue weighted by atomic mass is 9.79. The second kappa shape index (κ2) is 14.4. The van der Waals surface area contributed by atoms with Crippen molar-refractivity contribution in [3.05, 3.63) is 90.5 Å². The predicted molar refractivity (Wildman–Crippen MR) is 180 cm³/mol. The Morgan fingerprint density at radius 1 is 0.980 bits per heavy atom. The van der Waals surface area contributed by atoms with Crippen LogP contribution in [0.4, 0.5) is 16.2 Å². The number of thioether (sulfide) groups is 1. The molecule has 0 bridgehead atoms. The van der Waals surface area contributed by atoms with Gasteiger partial charge in [0.1, 0.15) is 18.9 Å². The van der Waals surface area contributed by atoms with E-state index in [0.717, 1.165) is 19.5 Å². The smallest absolute Gasteiger partial charge is 0.410 e. The lowest BCUT2D eigenvalue weighted by molar-refractivity contribution is -0.385. The number of nitro benzene ring substituents is 2. The van der Waals surface area contributed by atoms with Gasteiger partial charge in [0, 0.05) is 59.5 Å². The van der Waals surface area contributed by atoms with Crippen molar-refractivity contribution in [1.82, 2.24) is 14.7 Å². The van der Waals surface area contributed by atoms with Gasteiger partial charge in [0.25, 0.3) is 11.4 Å². The number of nitrogens with zero attached hydrogens (tertiary/aromatic N) is 5. The van der Waals surface area contributed by atoms with E-state index < -0.39 is 40.0 Å². The fourth-order valence-electron chi connectivity index (χ4n) is 7.57. The third-order valence-electron chi connectivity index (χ3n) is 10.1. The summed E-state index contributed by atoms with van der Waals surface area (Å²) in [6, 6.07) is 10.9. The number of non-ortho nitro benzene ring substituents is 2. The molecule has 7 atom stereocenters. The number of hydrogen-bond donors (Lipinski definition) is 1. The van der Waals surface area contributed by atoms with Crippen LogP contribution in [-0.4, -0.2) is 97.7 Å². The Morgan fingerprint density at radius 3 is 2.08 bits per heavy atom. The molecule has 0 aromatic heterocycles. The minimum Gasteiger partial charge on any atom is -0.456 e. The standard InChI is InChI=1S/C34H39N5O10S/c1-19-29-28(20(2)40)32(41)37(29)30(33(42)48-17-21-4-8-24(9-5-21)38(44)45)31(19)50-26-14-27(23-12-13-35(3)15-23)36(16-26)34(43)49-18-22-6-10-25(11-7-22)39(46)47/h4-11,19-20,23,26-29,40H,12-18H2,1-3H3/t19-,20-,23?,26+,27+,28-,29-/m1/s1. The highest BCUT2D eigenvalue weighted by molar-refractivity contribution is 8.03. The van der Waals surface area contributed by atoms with E-state index in [1.54, 1.807) is 24.0 Å². The molecule has 4 heterocycles. The van der Waals surface area contributed by atoms with Crippen molar-refractivity contribution in [3.8, 4) is 0 Å². The Kier molecular flexibility index (Phi) is 10.1. The zero-order valence-electron chi connectivity index (χ0n) is 27.9. The van der Waals surface area contributed by atoms with Crippen molar-refractivity contribution in [1.29, 1.82) is 0 Å². The number of benzene rings is 2. The first-order valence-electron chi connectivity index (χ1n) is 16.5. The largest absolute Gasteiger partial charge is 0.456 e. The number of ether oxygens (including phenoxy) is 2. The number of amides is 2. The van der Waals surface area contributed by atoms with Gasteiger partial charge in [0.05, 0.1) is 27.9 Å². The van der Waals surface area contributed by atoms with Crippen LogP contribution in [-0.2, 0) is 32.3 Å². The molecule has 2 aromatic rings. The summed E-state index contributed by atoms with van der Waals surface area (Å²) in [6.45, 7) is 5.33. The van der Waals surface area contributed by atoms with Gasteiger partial charge >= 0.3 is 12.1 Å². The molecule has 0 spiro atoms. The van der Waals surface area contributed by atoms with Gasteiger partial charge < -0.3 is 29.3 Å². The number of nitro groups is 2. The van der Waals surface area contributed by atoms with E-state index in [1.807, 2.05) is 14.0 Å². The highest BCUT2D eigenvalue weighted by atomic mass is 32.2. The summed E-state index contributed by atoms with van der Waals surface area (Å²) < 4.78 is 11.4. The summed E-state index contributed by atoms with van der Waals surface area (Å²) in [5, 5.41) is 32.4. The first kappa shape index (κ1) is 35.3. The molecule has 1 N–H and O–H groups in total. The van der Waals surface area contributed by atoms with Crippen LogP contribution in [0, 0.1) is 38.0 Å². The number of likely N-dealkylation sites (tertiary alicyclic amines) is 2. The van der Waals surface area contributed by atoms with E-state index in [1.165, 1.54) is 53.1 Å². The Labute approximate surface area is 292 Å². The highest BCUT2D eigenvalue weighted by Crippen LogP contribution is 2.53. The number of fused-ring (bicyclic) bond motifs is 1. The van der Waals surface area contributed by atoms with Gasteiger partial charge in [0.15, 0.2) is 0 Å². The van der Waals surface area contributed by atoms with E-state index in [-0.39, 0.29) is 59.3 Å². The molecule has 16 heteroatoms. The van der Waals surface area contributed by atoms with E-state index >= 15 is 0 Å². The molecule has 2 aromatic carbocycles. The summed E-state index contributed by atoms with van der Waals surface area (Å²) in [4.78, 5) is 67.7. The minimum absolute atomic E-state index is 0.0468. The number of esters is 1. The van der Waals surface area contributed by atoms with Gasteiger partial charge in [-0.3, -0.25) is 25.0 Å². The molecule has 0 radical (unpaired) electrons. The average molecular weight is 710 g/mol. The number of hydrogen-bond acceptors (Lipinski definition) is 12. The van der Waals surface area contributed by atoms with Crippen LogP contribution in [0.2, 0.25) is 0 Å². The van der Waals surface area contributed by atoms with Gasteiger partial charge in [-0.05, 0) is 74.7 Å². The fraction of sp³-hybridized carbons (Fsp3) is 0.500. The zero-order chi connectivity index (χ0) is 35.9. The Morgan fingerprint density at radius 2 is 1.56 bits per heavy atom. The highest BCUT2D eigenvalue weighted by Gasteiger charge is 2.60. The van der Waals surface area contributed by atoms with Crippen LogP contribution in [0.3, 0.4) is 0 Å². The number of aliphatic hydroxyl groups excluding tert-OH is 1. The van der Waals surface area contributed by atoms with Gasteiger partial charge in [-0.1, -0.05) is 6.92 Å². The third kappa shape index (κ3) is 6.91. The topological polar surface area (TPSA) is 186 Å². The zero-order valence-corrected chi connectivity index (χ0v) is 28.7. The first-order chi connectivity index (χ1) is 23.8. The van der Waals surface area contributed by atoms with Crippen molar-refractivity contribution >= 4 is 41.1 Å². The molecule has 2 amide bonds. The van der Waals surface area contributed by atoms with Crippen molar-refractivity contribution in [2.45, 2.75) is 63.3 Å². The number of aliphatic hydroxyl groups is 1. The van der Waals surface area contributed by atoms with Gasteiger partial charge in [-0.15, -0.1) is 11.8 Å². The molecule has 0 aliphatic carbocycles. The van der Waals surface area contributed by atoms with Gasteiger partial charge in [0.2, 0.25) is 5.91 Å². The van der Waals surface area contributed by atoms with Crippen molar-refractivity contribution < 1.29 is 38.8 Å². The second-order valence-electron chi connectivity index (χ2n) is 13.5. The number of carbonyl (C=O) groups is 3. The maximum Gasteiger partial charge on any atom is 0.410 e. The molecule has 3 fully saturated rings. The normalized spacial score (nSPS) is 26.8. The first-order valence-corrected chi connectivity index (χ1v) is 17.4. The molecule has 3 saturated heterocycles. The van der Waals surface area contributed by atoms with Crippen molar-refractivity contribution in [3.63, 3.8) is 0 Å². The molecule has 4 aliphatic rings. The van der Waals surface area contributed by atoms with E-state index in [4.69, 9.17) is 9.47 Å². The number of carbonyl (C=O) groups excluding carboxylic acids is 3. The SMILES string of the molecule is C[C@@H](O)[C@H]1C(=O)N2C(C(=O)OCc3ccc([N+](=O)[O-])cc3)=C(S[C@H]3C[C@@H](C4CCN(C)C4)N(C(=O)OCc4ccc([N+](=O)[O-])cc4)C3)[C@H](C)[C@H]12. The monoisotopic (exact) mass is 709 g/mol. The van der Waals surface area contributed by atoms with Crippen LogP contribution in [0.15, 0.2) is 59.1 Å². The Bertz CT molecular complexity index is 1700. The second-order valence-corrected chi connectivity index (χ2v) is 14.8. The Balaban J connectivity index is 1.21. The molecule has 6 rings (SSSR count). The van der Waals surface area contributed by atoms with E-state index in [9.17, 15) is 39.7 Å². The van der Waals surface area contributed by atoms with Gasteiger partial charge in [-0.2, -0.15) is 0 Å². The molecule has 15 nitrogen and oxygen atoms in total. The van der Waals surface area contributed by atoms with Crippen LogP contribution >= 0.6 is 11.8 Å². The summed E-state index contributed by atoms with van der Waals surface area (Å²) in [5.41, 5.74) is 1.15. The number of β-lactam (4-membered cyclic amide) rings is 1.